The van der Waals surface area contributed by atoms with Crippen LogP contribution in [0.4, 0.5) is 0 Å². The van der Waals surface area contributed by atoms with Crippen molar-refractivity contribution < 1.29 is 9.84 Å². The minimum atomic E-state index is -0.719. The molecule has 1 saturated heterocycles. The van der Waals surface area contributed by atoms with Crippen molar-refractivity contribution >= 4 is 0 Å². The van der Waals surface area contributed by atoms with Gasteiger partial charge in [-0.1, -0.05) is 50.3 Å². The van der Waals surface area contributed by atoms with E-state index in [2.05, 4.69) is 37.8 Å². The number of benzene rings is 1. The standard InChI is InChI=1S/C16H22O2/c1-3-6-13-8-10-14(11-9-13)16(4-2)15(17)7-5-12-18-16/h4,8-11,15,17H,2-3,5-7,12H2,1H3. The molecule has 0 saturated carbocycles. The minimum absolute atomic E-state index is 0.499. The summed E-state index contributed by atoms with van der Waals surface area (Å²) in [6, 6.07) is 8.35. The van der Waals surface area contributed by atoms with Crippen LogP contribution < -0.4 is 0 Å². The Labute approximate surface area is 109 Å². The van der Waals surface area contributed by atoms with Crippen LogP contribution in [0, 0.1) is 0 Å². The number of hydrogen-bond donors (Lipinski definition) is 1. The summed E-state index contributed by atoms with van der Waals surface area (Å²) in [4.78, 5) is 0. The fourth-order valence-electron chi connectivity index (χ4n) is 2.64. The van der Waals surface area contributed by atoms with Gasteiger partial charge in [0, 0.05) is 6.61 Å². The van der Waals surface area contributed by atoms with Crippen molar-refractivity contribution in [3.8, 4) is 0 Å². The SMILES string of the molecule is C=CC1(c2ccc(CCC)cc2)OCCCC1O. The van der Waals surface area contributed by atoms with Gasteiger partial charge in [0.25, 0.3) is 0 Å². The molecule has 1 aliphatic heterocycles. The van der Waals surface area contributed by atoms with E-state index < -0.39 is 11.7 Å². The molecule has 1 heterocycles. The van der Waals surface area contributed by atoms with Gasteiger partial charge in [-0.05, 0) is 30.4 Å². The topological polar surface area (TPSA) is 29.5 Å². The predicted octanol–water partition coefficient (Wildman–Crippen LogP) is 3.19. The molecule has 1 aromatic carbocycles. The summed E-state index contributed by atoms with van der Waals surface area (Å²) in [7, 11) is 0. The Morgan fingerprint density at radius 3 is 2.72 bits per heavy atom. The average Bonchev–Trinajstić information content (AvgIpc) is 2.41. The fraction of sp³-hybridized carbons (Fsp3) is 0.500. The van der Waals surface area contributed by atoms with Gasteiger partial charge < -0.3 is 9.84 Å². The summed E-state index contributed by atoms with van der Waals surface area (Å²) in [6.45, 7) is 6.71. The molecule has 0 amide bonds. The third kappa shape index (κ3) is 2.36. The van der Waals surface area contributed by atoms with Gasteiger partial charge in [-0.3, -0.25) is 0 Å². The normalized spacial score (nSPS) is 28.0. The van der Waals surface area contributed by atoms with Crippen molar-refractivity contribution in [3.05, 3.63) is 48.0 Å². The smallest absolute Gasteiger partial charge is 0.137 e. The molecule has 2 heteroatoms. The second-order valence-corrected chi connectivity index (χ2v) is 4.95. The molecule has 0 aromatic heterocycles. The Morgan fingerprint density at radius 1 is 1.44 bits per heavy atom. The van der Waals surface area contributed by atoms with E-state index in [0.29, 0.717) is 6.61 Å². The lowest BCUT2D eigenvalue weighted by Gasteiger charge is -2.39. The van der Waals surface area contributed by atoms with Gasteiger partial charge in [-0.2, -0.15) is 0 Å². The van der Waals surface area contributed by atoms with Crippen LogP contribution in [0.3, 0.4) is 0 Å². The van der Waals surface area contributed by atoms with Gasteiger partial charge in [0.1, 0.15) is 5.60 Å². The van der Waals surface area contributed by atoms with Crippen molar-refractivity contribution in [2.24, 2.45) is 0 Å². The molecular formula is C16H22O2. The Morgan fingerprint density at radius 2 is 2.17 bits per heavy atom. The molecule has 2 atom stereocenters. The predicted molar refractivity (Wildman–Crippen MR) is 73.5 cm³/mol. The van der Waals surface area contributed by atoms with Gasteiger partial charge in [-0.15, -0.1) is 0 Å². The Bertz CT molecular complexity index is 396. The number of aliphatic hydroxyl groups is 1. The number of hydrogen-bond acceptors (Lipinski definition) is 2. The molecule has 2 rings (SSSR count). The van der Waals surface area contributed by atoms with Gasteiger partial charge in [0.15, 0.2) is 0 Å². The Kier molecular flexibility index (Phi) is 4.20. The molecular weight excluding hydrogens is 224 g/mol. The average molecular weight is 246 g/mol. The maximum atomic E-state index is 10.2. The van der Waals surface area contributed by atoms with Crippen molar-refractivity contribution in [1.82, 2.24) is 0 Å². The number of aliphatic hydroxyl groups excluding tert-OH is 1. The van der Waals surface area contributed by atoms with Crippen LogP contribution in [0.25, 0.3) is 0 Å². The highest BCUT2D eigenvalue weighted by Crippen LogP contribution is 2.36. The quantitative estimate of drug-likeness (QED) is 0.827. The monoisotopic (exact) mass is 246 g/mol. The van der Waals surface area contributed by atoms with Crippen LogP contribution in [0.5, 0.6) is 0 Å². The number of aryl methyl sites for hydroxylation is 1. The molecule has 1 N–H and O–H groups in total. The lowest BCUT2D eigenvalue weighted by atomic mass is 9.83. The van der Waals surface area contributed by atoms with Crippen LogP contribution in [0.15, 0.2) is 36.9 Å². The van der Waals surface area contributed by atoms with Gasteiger partial charge in [0.05, 0.1) is 6.10 Å². The van der Waals surface area contributed by atoms with Crippen LogP contribution >= 0.6 is 0 Å². The van der Waals surface area contributed by atoms with E-state index in [4.69, 9.17) is 4.74 Å². The summed E-state index contributed by atoms with van der Waals surface area (Å²) < 4.78 is 5.84. The van der Waals surface area contributed by atoms with Gasteiger partial charge in [-0.25, -0.2) is 0 Å². The molecule has 2 nitrogen and oxygen atoms in total. The second kappa shape index (κ2) is 5.68. The first kappa shape index (κ1) is 13.3. The van der Waals surface area contributed by atoms with Gasteiger partial charge >= 0.3 is 0 Å². The third-order valence-electron chi connectivity index (χ3n) is 3.70. The van der Waals surface area contributed by atoms with E-state index in [9.17, 15) is 5.11 Å². The third-order valence-corrected chi connectivity index (χ3v) is 3.70. The maximum Gasteiger partial charge on any atom is 0.137 e. The zero-order valence-corrected chi connectivity index (χ0v) is 11.1. The highest BCUT2D eigenvalue weighted by atomic mass is 16.5. The first-order chi connectivity index (χ1) is 8.73. The molecule has 1 aliphatic rings. The van der Waals surface area contributed by atoms with Crippen molar-refractivity contribution in [2.75, 3.05) is 6.61 Å². The second-order valence-electron chi connectivity index (χ2n) is 4.95. The lowest BCUT2D eigenvalue weighted by molar-refractivity contribution is -0.130. The number of rotatable bonds is 4. The zero-order valence-electron chi connectivity index (χ0n) is 11.1. The molecule has 0 radical (unpaired) electrons. The summed E-state index contributed by atoms with van der Waals surface area (Å²) in [5.74, 6) is 0. The highest BCUT2D eigenvalue weighted by molar-refractivity contribution is 5.32. The summed E-state index contributed by atoms with van der Waals surface area (Å²) in [5.41, 5.74) is 1.61. The summed E-state index contributed by atoms with van der Waals surface area (Å²) in [6.07, 6.45) is 5.15. The number of ether oxygens (including phenoxy) is 1. The Hall–Kier alpha value is -1.12. The van der Waals surface area contributed by atoms with Crippen LogP contribution in [-0.2, 0) is 16.8 Å². The minimum Gasteiger partial charge on any atom is -0.389 e. The molecule has 18 heavy (non-hydrogen) atoms. The van der Waals surface area contributed by atoms with E-state index in [1.165, 1.54) is 5.56 Å². The molecule has 0 spiro atoms. The van der Waals surface area contributed by atoms with Crippen LogP contribution in [-0.4, -0.2) is 17.8 Å². The molecule has 0 bridgehead atoms. The zero-order chi connectivity index (χ0) is 13.0. The van der Waals surface area contributed by atoms with E-state index in [0.717, 1.165) is 31.2 Å². The summed E-state index contributed by atoms with van der Waals surface area (Å²) >= 11 is 0. The first-order valence-corrected chi connectivity index (χ1v) is 6.78. The lowest BCUT2D eigenvalue weighted by Crippen LogP contribution is -2.44. The van der Waals surface area contributed by atoms with Crippen LogP contribution in [0.2, 0.25) is 0 Å². The Balaban J connectivity index is 2.29. The summed E-state index contributed by atoms with van der Waals surface area (Å²) in [5, 5.41) is 10.2. The highest BCUT2D eigenvalue weighted by Gasteiger charge is 2.40. The van der Waals surface area contributed by atoms with Gasteiger partial charge in [0.2, 0.25) is 0 Å². The van der Waals surface area contributed by atoms with Crippen molar-refractivity contribution in [3.63, 3.8) is 0 Å². The molecule has 1 fully saturated rings. The van der Waals surface area contributed by atoms with Crippen molar-refractivity contribution in [2.45, 2.75) is 44.3 Å². The van der Waals surface area contributed by atoms with E-state index in [-0.39, 0.29) is 0 Å². The molecule has 1 aromatic rings. The van der Waals surface area contributed by atoms with E-state index >= 15 is 0 Å². The largest absolute Gasteiger partial charge is 0.389 e. The van der Waals surface area contributed by atoms with E-state index in [1.807, 2.05) is 0 Å². The van der Waals surface area contributed by atoms with Crippen molar-refractivity contribution in [1.29, 1.82) is 0 Å². The molecule has 2 unspecified atom stereocenters. The van der Waals surface area contributed by atoms with E-state index in [1.54, 1.807) is 6.08 Å². The maximum absolute atomic E-state index is 10.2. The fourth-order valence-corrected chi connectivity index (χ4v) is 2.64. The molecule has 0 aliphatic carbocycles. The van der Waals surface area contributed by atoms with Crippen LogP contribution in [0.1, 0.15) is 37.3 Å². The first-order valence-electron chi connectivity index (χ1n) is 6.78. The molecule has 98 valence electrons.